The van der Waals surface area contributed by atoms with Crippen molar-refractivity contribution in [3.63, 3.8) is 0 Å². The van der Waals surface area contributed by atoms with E-state index in [1.807, 2.05) is 0 Å². The minimum absolute atomic E-state index is 0.177. The molecule has 0 aliphatic rings. The van der Waals surface area contributed by atoms with Crippen molar-refractivity contribution in [3.05, 3.63) is 47.2 Å². The van der Waals surface area contributed by atoms with Crippen molar-refractivity contribution in [3.8, 4) is 11.4 Å². The summed E-state index contributed by atoms with van der Waals surface area (Å²) in [6, 6.07) is 4.98. The molecule has 2 rings (SSSR count). The largest absolute Gasteiger partial charge is 0.489 e. The van der Waals surface area contributed by atoms with Crippen molar-refractivity contribution in [1.29, 1.82) is 5.41 Å². The fourth-order valence-corrected chi connectivity index (χ4v) is 2.88. The third kappa shape index (κ3) is 5.79. The number of hydrogen-bond acceptors (Lipinski definition) is 7. The van der Waals surface area contributed by atoms with Gasteiger partial charge in [0.2, 0.25) is 0 Å². The molecule has 0 spiro atoms. The predicted octanol–water partition coefficient (Wildman–Crippen LogP) is 3.51. The van der Waals surface area contributed by atoms with Crippen LogP contribution in [0.15, 0.2) is 35.8 Å². The standard InChI is InChI=1S/C22H31N5O5/c1-8-24-19-18(14(2)23)25-20(28)27(19)15-9-10-17(31-12-11-30-7)16(13-15)26(6)21(29)32-22(3,4)5/h8-10,13,23-24H,1,11-12H2,2-7H3,(H,25,28). The van der Waals surface area contributed by atoms with Crippen LogP contribution in [0.4, 0.5) is 16.3 Å². The van der Waals surface area contributed by atoms with Gasteiger partial charge in [0.25, 0.3) is 0 Å². The molecule has 1 amide bonds. The van der Waals surface area contributed by atoms with Gasteiger partial charge >= 0.3 is 11.8 Å². The van der Waals surface area contributed by atoms with E-state index < -0.39 is 17.4 Å². The summed E-state index contributed by atoms with van der Waals surface area (Å²) >= 11 is 0. The number of amides is 1. The van der Waals surface area contributed by atoms with E-state index in [1.54, 1.807) is 60.1 Å². The molecule has 0 unspecified atom stereocenters. The summed E-state index contributed by atoms with van der Waals surface area (Å²) in [5, 5.41) is 10.9. The van der Waals surface area contributed by atoms with Gasteiger partial charge in [-0.2, -0.15) is 0 Å². The van der Waals surface area contributed by atoms with Crippen molar-refractivity contribution in [1.82, 2.24) is 9.55 Å². The van der Waals surface area contributed by atoms with E-state index in [9.17, 15) is 9.59 Å². The molecule has 0 radical (unpaired) electrons. The van der Waals surface area contributed by atoms with Crippen LogP contribution in [0.5, 0.6) is 5.75 Å². The van der Waals surface area contributed by atoms with Crippen LogP contribution in [0, 0.1) is 5.41 Å². The van der Waals surface area contributed by atoms with Gasteiger partial charge in [0, 0.05) is 14.2 Å². The highest BCUT2D eigenvalue weighted by Crippen LogP contribution is 2.32. The molecule has 1 aromatic carbocycles. The van der Waals surface area contributed by atoms with Gasteiger partial charge in [0.05, 0.1) is 23.7 Å². The number of carbonyl (C=O) groups excluding carboxylic acids is 1. The molecular weight excluding hydrogens is 414 g/mol. The lowest BCUT2D eigenvalue weighted by molar-refractivity contribution is 0.0588. The van der Waals surface area contributed by atoms with Crippen LogP contribution in [-0.2, 0) is 9.47 Å². The molecule has 10 nitrogen and oxygen atoms in total. The average Bonchev–Trinajstić information content (AvgIpc) is 3.03. The Bertz CT molecular complexity index is 1050. The Hall–Kier alpha value is -3.53. The zero-order valence-electron chi connectivity index (χ0n) is 19.4. The van der Waals surface area contributed by atoms with E-state index in [-0.39, 0.29) is 12.3 Å². The third-order valence-electron chi connectivity index (χ3n) is 4.28. The highest BCUT2D eigenvalue weighted by molar-refractivity contribution is 5.99. The monoisotopic (exact) mass is 445 g/mol. The van der Waals surface area contributed by atoms with Crippen LogP contribution < -0.4 is 20.6 Å². The van der Waals surface area contributed by atoms with Crippen LogP contribution in [0.3, 0.4) is 0 Å². The molecule has 3 N–H and O–H groups in total. The Kier molecular flexibility index (Phi) is 7.87. The van der Waals surface area contributed by atoms with Gasteiger partial charge in [-0.25, -0.2) is 14.2 Å². The lowest BCUT2D eigenvalue weighted by atomic mass is 10.2. The molecule has 1 aromatic heterocycles. The number of rotatable bonds is 9. The number of aromatic amines is 1. The molecule has 0 fully saturated rings. The molecule has 10 heteroatoms. The maximum atomic E-state index is 12.7. The Morgan fingerprint density at radius 2 is 2.03 bits per heavy atom. The second-order valence-corrected chi connectivity index (χ2v) is 8.00. The molecular formula is C22H31N5O5. The first-order chi connectivity index (χ1) is 15.0. The number of carbonyl (C=O) groups is 1. The second-order valence-electron chi connectivity index (χ2n) is 8.00. The molecule has 0 bridgehead atoms. The molecule has 32 heavy (non-hydrogen) atoms. The highest BCUT2D eigenvalue weighted by atomic mass is 16.6. The predicted molar refractivity (Wildman–Crippen MR) is 125 cm³/mol. The first kappa shape index (κ1) is 24.7. The van der Waals surface area contributed by atoms with Crippen molar-refractivity contribution in [2.75, 3.05) is 37.6 Å². The maximum Gasteiger partial charge on any atom is 0.414 e. The fourth-order valence-electron chi connectivity index (χ4n) is 2.88. The normalized spacial score (nSPS) is 11.1. The zero-order chi connectivity index (χ0) is 24.1. The molecule has 0 atom stereocenters. The number of ether oxygens (including phenoxy) is 3. The van der Waals surface area contributed by atoms with E-state index in [1.165, 1.54) is 15.7 Å². The molecule has 0 saturated carbocycles. The first-order valence-electron chi connectivity index (χ1n) is 10.0. The van der Waals surface area contributed by atoms with Gasteiger partial charge in [-0.3, -0.25) is 4.90 Å². The lowest BCUT2D eigenvalue weighted by Crippen LogP contribution is -2.34. The number of imidazole rings is 1. The van der Waals surface area contributed by atoms with Crippen molar-refractivity contribution in [2.24, 2.45) is 0 Å². The summed E-state index contributed by atoms with van der Waals surface area (Å²) in [7, 11) is 3.13. The Labute approximate surface area is 187 Å². The van der Waals surface area contributed by atoms with Crippen LogP contribution in [0.1, 0.15) is 33.4 Å². The Balaban J connectivity index is 2.61. The van der Waals surface area contributed by atoms with Crippen LogP contribution >= 0.6 is 0 Å². The summed E-state index contributed by atoms with van der Waals surface area (Å²) in [5.74, 6) is 0.779. The summed E-state index contributed by atoms with van der Waals surface area (Å²) in [4.78, 5) is 29.4. The van der Waals surface area contributed by atoms with E-state index in [4.69, 9.17) is 19.6 Å². The van der Waals surface area contributed by atoms with E-state index in [2.05, 4.69) is 16.9 Å². The summed E-state index contributed by atoms with van der Waals surface area (Å²) in [6.45, 7) is 11.2. The van der Waals surface area contributed by atoms with Gasteiger partial charge < -0.3 is 29.9 Å². The van der Waals surface area contributed by atoms with Gasteiger partial charge in [-0.1, -0.05) is 6.58 Å². The molecule has 2 aromatic rings. The number of benzene rings is 1. The number of nitrogens with zero attached hydrogens (tertiary/aromatic N) is 2. The number of nitrogens with one attached hydrogen (secondary N) is 3. The molecule has 174 valence electrons. The quantitative estimate of drug-likeness (QED) is 0.401. The molecule has 1 heterocycles. The van der Waals surface area contributed by atoms with Gasteiger partial charge in [0.15, 0.2) is 0 Å². The smallest absolute Gasteiger partial charge is 0.414 e. The summed E-state index contributed by atoms with van der Waals surface area (Å²) in [5.41, 5.74) is 0.226. The van der Waals surface area contributed by atoms with Crippen LogP contribution in [0.2, 0.25) is 0 Å². The third-order valence-corrected chi connectivity index (χ3v) is 4.28. The maximum absolute atomic E-state index is 12.7. The Morgan fingerprint density at radius 3 is 2.59 bits per heavy atom. The minimum atomic E-state index is -0.685. The van der Waals surface area contributed by atoms with Crippen molar-refractivity contribution < 1.29 is 19.0 Å². The van der Waals surface area contributed by atoms with Crippen LogP contribution in [0.25, 0.3) is 5.69 Å². The first-order valence-corrected chi connectivity index (χ1v) is 10.0. The zero-order valence-corrected chi connectivity index (χ0v) is 19.4. The van der Waals surface area contributed by atoms with E-state index in [0.29, 0.717) is 35.2 Å². The highest BCUT2D eigenvalue weighted by Gasteiger charge is 2.24. The summed E-state index contributed by atoms with van der Waals surface area (Å²) < 4.78 is 17.7. The molecule has 0 saturated heterocycles. The van der Waals surface area contributed by atoms with Gasteiger partial charge in [-0.15, -0.1) is 0 Å². The van der Waals surface area contributed by atoms with Crippen LogP contribution in [-0.4, -0.2) is 54.3 Å². The van der Waals surface area contributed by atoms with Crippen molar-refractivity contribution in [2.45, 2.75) is 33.3 Å². The number of methoxy groups -OCH3 is 1. The number of anilines is 2. The number of aromatic nitrogens is 2. The lowest BCUT2D eigenvalue weighted by Gasteiger charge is -2.26. The van der Waals surface area contributed by atoms with Crippen molar-refractivity contribution >= 4 is 23.3 Å². The van der Waals surface area contributed by atoms with E-state index >= 15 is 0 Å². The van der Waals surface area contributed by atoms with E-state index in [0.717, 1.165) is 0 Å². The SMILES string of the molecule is C=CNc1c(C(C)=N)[nH]c(=O)n1-c1ccc(OCCOC)c(N(C)C(=O)OC(C)(C)C)c1. The topological polar surface area (TPSA) is 122 Å². The Morgan fingerprint density at radius 1 is 1.34 bits per heavy atom. The number of H-pyrrole nitrogens is 1. The van der Waals surface area contributed by atoms with Gasteiger partial charge in [0.1, 0.15) is 29.5 Å². The second kappa shape index (κ2) is 10.2. The summed E-state index contributed by atoms with van der Waals surface area (Å²) in [6.07, 6.45) is 0.842. The molecule has 0 aliphatic heterocycles. The van der Waals surface area contributed by atoms with Gasteiger partial charge in [-0.05, 0) is 52.1 Å². The minimum Gasteiger partial charge on any atom is -0.489 e. The fraction of sp³-hybridized carbons (Fsp3) is 0.409. The molecule has 0 aliphatic carbocycles. The average molecular weight is 446 g/mol. The number of hydrogen-bond donors (Lipinski definition) is 3.